The van der Waals surface area contributed by atoms with Crippen LogP contribution in [0.3, 0.4) is 0 Å². The van der Waals surface area contributed by atoms with Gasteiger partial charge in [-0.3, -0.25) is 0 Å². The lowest BCUT2D eigenvalue weighted by Crippen LogP contribution is -2.16. The lowest BCUT2D eigenvalue weighted by Gasteiger charge is -2.25. The van der Waals surface area contributed by atoms with Crippen LogP contribution in [0.5, 0.6) is 0 Å². The largest absolute Gasteiger partial charge is 0.228 e. The summed E-state index contributed by atoms with van der Waals surface area (Å²) in [6.07, 6.45) is 0. The zero-order valence-corrected chi connectivity index (χ0v) is 31.9. The van der Waals surface area contributed by atoms with E-state index in [1.807, 2.05) is 0 Å². The Morgan fingerprint density at radius 2 is 0.877 bits per heavy atom. The van der Waals surface area contributed by atoms with Crippen LogP contribution in [0.15, 0.2) is 194 Å². The van der Waals surface area contributed by atoms with Crippen LogP contribution in [-0.4, -0.2) is 9.97 Å². The minimum Gasteiger partial charge on any atom is -0.228 e. The van der Waals surface area contributed by atoms with E-state index in [0.29, 0.717) is 5.82 Å². The van der Waals surface area contributed by atoms with Crippen LogP contribution >= 0.6 is 0 Å². The third-order valence-corrected chi connectivity index (χ3v) is 12.1. The van der Waals surface area contributed by atoms with E-state index in [1.54, 1.807) is 0 Å². The Labute approximate surface area is 332 Å². The normalized spacial score (nSPS) is 12.9. The van der Waals surface area contributed by atoms with Crippen LogP contribution in [0.1, 0.15) is 25.0 Å². The van der Waals surface area contributed by atoms with E-state index in [9.17, 15) is 0 Å². The highest BCUT2D eigenvalue weighted by molar-refractivity contribution is 6.07. The van der Waals surface area contributed by atoms with Crippen LogP contribution in [0.4, 0.5) is 0 Å². The Morgan fingerprint density at radius 1 is 0.333 bits per heavy atom. The maximum atomic E-state index is 5.41. The molecule has 1 aromatic heterocycles. The van der Waals surface area contributed by atoms with Crippen molar-refractivity contribution in [1.82, 2.24) is 9.97 Å². The molecule has 0 unspecified atom stereocenters. The maximum Gasteiger partial charge on any atom is 0.161 e. The quantitative estimate of drug-likeness (QED) is 0.176. The summed E-state index contributed by atoms with van der Waals surface area (Å²) in [7, 11) is 0. The molecular formula is C55H38N2. The molecule has 10 aromatic rings. The highest BCUT2D eigenvalue weighted by Gasteiger charge is 2.38. The molecule has 0 saturated heterocycles. The molecule has 11 rings (SSSR count). The van der Waals surface area contributed by atoms with Crippen molar-refractivity contribution in [3.63, 3.8) is 0 Å². The van der Waals surface area contributed by atoms with Crippen molar-refractivity contribution >= 4 is 32.3 Å². The van der Waals surface area contributed by atoms with E-state index in [-0.39, 0.29) is 5.41 Å². The fraction of sp³-hybridized carbons (Fsp3) is 0.0545. The Morgan fingerprint density at radius 3 is 1.68 bits per heavy atom. The number of hydrogen-bond donors (Lipinski definition) is 0. The summed E-state index contributed by atoms with van der Waals surface area (Å²) in [4.78, 5) is 10.8. The van der Waals surface area contributed by atoms with E-state index < -0.39 is 0 Å². The van der Waals surface area contributed by atoms with Crippen molar-refractivity contribution in [1.29, 1.82) is 0 Å². The second-order valence-corrected chi connectivity index (χ2v) is 15.7. The van der Waals surface area contributed by atoms with Gasteiger partial charge in [-0.1, -0.05) is 178 Å². The van der Waals surface area contributed by atoms with Gasteiger partial charge in [0, 0.05) is 22.1 Å². The molecule has 57 heavy (non-hydrogen) atoms. The molecule has 0 aliphatic heterocycles. The van der Waals surface area contributed by atoms with Crippen molar-refractivity contribution < 1.29 is 0 Å². The topological polar surface area (TPSA) is 25.8 Å². The number of nitrogens with zero attached hydrogens (tertiary/aromatic N) is 2. The molecule has 0 radical (unpaired) electrons. The fourth-order valence-corrected chi connectivity index (χ4v) is 9.31. The van der Waals surface area contributed by atoms with Crippen molar-refractivity contribution in [2.75, 3.05) is 0 Å². The number of fused-ring (bicyclic) bond motifs is 6. The van der Waals surface area contributed by atoms with Gasteiger partial charge >= 0.3 is 0 Å². The Bertz CT molecular complexity index is 3210. The first kappa shape index (κ1) is 33.2. The van der Waals surface area contributed by atoms with Crippen LogP contribution in [0.2, 0.25) is 0 Å². The van der Waals surface area contributed by atoms with E-state index >= 15 is 0 Å². The third-order valence-electron chi connectivity index (χ3n) is 12.1. The molecule has 1 aliphatic rings. The number of benzene rings is 9. The summed E-state index contributed by atoms with van der Waals surface area (Å²) in [6.45, 7) is 4.76. The summed E-state index contributed by atoms with van der Waals surface area (Å²) in [5.41, 5.74) is 15.0. The van der Waals surface area contributed by atoms with Gasteiger partial charge in [0.05, 0.1) is 11.4 Å². The zero-order valence-electron chi connectivity index (χ0n) is 31.9. The van der Waals surface area contributed by atoms with Crippen molar-refractivity contribution in [3.8, 4) is 67.3 Å². The standard InChI is InChI=1S/C55H38N2/c1-55(2)50-33-39-19-7-6-18-38(39)32-49(50)47-28-14-27-46(53(47)55)44-29-30-48(43-25-11-10-24-42(43)44)54-56-51(40-22-12-21-37(31-40)35-15-4-3-5-16-35)34-52(57-54)45-26-13-20-36-17-8-9-23-41(36)45/h3-34H,1-2H3. The fourth-order valence-electron chi connectivity index (χ4n) is 9.31. The highest BCUT2D eigenvalue weighted by Crippen LogP contribution is 2.54. The van der Waals surface area contributed by atoms with Crippen molar-refractivity contribution in [3.05, 3.63) is 205 Å². The van der Waals surface area contributed by atoms with Gasteiger partial charge in [-0.25, -0.2) is 9.97 Å². The van der Waals surface area contributed by atoms with Gasteiger partial charge in [0.1, 0.15) is 0 Å². The van der Waals surface area contributed by atoms with Gasteiger partial charge in [-0.2, -0.15) is 0 Å². The molecule has 0 fully saturated rings. The lowest BCUT2D eigenvalue weighted by molar-refractivity contribution is 0.663. The smallest absolute Gasteiger partial charge is 0.161 e. The summed E-state index contributed by atoms with van der Waals surface area (Å²) in [6, 6.07) is 70.1. The van der Waals surface area contributed by atoms with Gasteiger partial charge in [0.2, 0.25) is 0 Å². The monoisotopic (exact) mass is 726 g/mol. The van der Waals surface area contributed by atoms with Gasteiger partial charge in [0.15, 0.2) is 5.82 Å². The first-order chi connectivity index (χ1) is 28.0. The minimum absolute atomic E-state index is 0.176. The number of rotatable bonds is 5. The number of aromatic nitrogens is 2. The van der Waals surface area contributed by atoms with Gasteiger partial charge in [-0.15, -0.1) is 0 Å². The molecule has 0 atom stereocenters. The van der Waals surface area contributed by atoms with E-state index in [1.165, 1.54) is 65.9 Å². The minimum atomic E-state index is -0.176. The molecule has 0 saturated carbocycles. The molecule has 0 amide bonds. The molecule has 0 N–H and O–H groups in total. The zero-order chi connectivity index (χ0) is 38.1. The van der Waals surface area contributed by atoms with Crippen LogP contribution in [0, 0.1) is 0 Å². The lowest BCUT2D eigenvalue weighted by atomic mass is 9.78. The highest BCUT2D eigenvalue weighted by atomic mass is 14.9. The molecule has 0 spiro atoms. The average Bonchev–Trinajstić information content (AvgIpc) is 3.50. The van der Waals surface area contributed by atoms with Crippen LogP contribution in [0.25, 0.3) is 99.6 Å². The Hall–Kier alpha value is -7.16. The van der Waals surface area contributed by atoms with Gasteiger partial charge in [-0.05, 0) is 107 Å². The van der Waals surface area contributed by atoms with E-state index in [2.05, 4.69) is 208 Å². The first-order valence-corrected chi connectivity index (χ1v) is 19.7. The predicted molar refractivity (Wildman–Crippen MR) is 239 cm³/mol. The second-order valence-electron chi connectivity index (χ2n) is 15.7. The molecule has 2 nitrogen and oxygen atoms in total. The first-order valence-electron chi connectivity index (χ1n) is 19.7. The maximum absolute atomic E-state index is 5.41. The molecule has 9 aromatic carbocycles. The van der Waals surface area contributed by atoms with Crippen LogP contribution in [-0.2, 0) is 5.41 Å². The van der Waals surface area contributed by atoms with Gasteiger partial charge < -0.3 is 0 Å². The Kier molecular flexibility index (Phi) is 7.55. The predicted octanol–water partition coefficient (Wildman–Crippen LogP) is 14.6. The van der Waals surface area contributed by atoms with E-state index in [4.69, 9.17) is 9.97 Å². The van der Waals surface area contributed by atoms with Crippen molar-refractivity contribution in [2.45, 2.75) is 19.3 Å². The summed E-state index contributed by atoms with van der Waals surface area (Å²) in [5.74, 6) is 0.709. The summed E-state index contributed by atoms with van der Waals surface area (Å²) in [5, 5.41) is 7.23. The average molecular weight is 727 g/mol. The molecule has 2 heteroatoms. The molecule has 0 bridgehead atoms. The summed E-state index contributed by atoms with van der Waals surface area (Å²) >= 11 is 0. The van der Waals surface area contributed by atoms with Crippen LogP contribution < -0.4 is 0 Å². The Balaban J connectivity index is 1.11. The van der Waals surface area contributed by atoms with Crippen molar-refractivity contribution in [2.24, 2.45) is 0 Å². The molecule has 1 heterocycles. The molecular weight excluding hydrogens is 689 g/mol. The SMILES string of the molecule is CC1(C)c2cc3ccccc3cc2-c2cccc(-c3ccc(-c4nc(-c5cccc(-c6ccccc6)c5)cc(-c5cccc6ccccc56)n4)c4ccccc34)c21. The number of hydrogen-bond acceptors (Lipinski definition) is 2. The van der Waals surface area contributed by atoms with Gasteiger partial charge in [0.25, 0.3) is 0 Å². The summed E-state index contributed by atoms with van der Waals surface area (Å²) < 4.78 is 0. The molecule has 1 aliphatic carbocycles. The molecule has 268 valence electrons. The second kappa shape index (κ2) is 13.0. The van der Waals surface area contributed by atoms with E-state index in [0.717, 1.165) is 39.0 Å². The third kappa shape index (κ3) is 5.40.